The fourth-order valence-electron chi connectivity index (χ4n) is 2.09. The van der Waals surface area contributed by atoms with Crippen molar-refractivity contribution in [3.8, 4) is 0 Å². The van der Waals surface area contributed by atoms with Gasteiger partial charge >= 0.3 is 0 Å². The highest BCUT2D eigenvalue weighted by Gasteiger charge is 2.04. The number of fused-ring (bicyclic) bond motifs is 1. The molecule has 3 aromatic rings. The number of anilines is 1. The maximum atomic E-state index is 4.52. The number of rotatable bonds is 3. The molecule has 0 saturated heterocycles. The van der Waals surface area contributed by atoms with E-state index in [0.717, 1.165) is 28.1 Å². The van der Waals surface area contributed by atoms with Crippen molar-refractivity contribution >= 4 is 16.6 Å². The molecule has 5 nitrogen and oxygen atoms in total. The van der Waals surface area contributed by atoms with Crippen LogP contribution < -0.4 is 5.32 Å². The number of benzene rings is 1. The molecular weight excluding hydrogens is 238 g/mol. The molecule has 0 fully saturated rings. The molecule has 0 radical (unpaired) electrons. The summed E-state index contributed by atoms with van der Waals surface area (Å²) in [6.45, 7) is 2.60. The molecule has 0 bridgehead atoms. The number of nitrogens with zero attached hydrogens (tertiary/aromatic N) is 4. The lowest BCUT2D eigenvalue weighted by atomic mass is 10.1. The second-order valence-electron chi connectivity index (χ2n) is 4.52. The Kier molecular flexibility index (Phi) is 2.87. The Labute approximate surface area is 111 Å². The molecule has 96 valence electrons. The fraction of sp³-hybridized carbons (Fsp3) is 0.214. The van der Waals surface area contributed by atoms with Crippen LogP contribution in [0.5, 0.6) is 0 Å². The average molecular weight is 253 g/mol. The van der Waals surface area contributed by atoms with Gasteiger partial charge in [-0.1, -0.05) is 18.2 Å². The topological polar surface area (TPSA) is 55.6 Å². The largest absolute Gasteiger partial charge is 0.377 e. The van der Waals surface area contributed by atoms with E-state index >= 15 is 0 Å². The fourth-order valence-corrected chi connectivity index (χ4v) is 2.09. The molecular formula is C14H15N5. The first-order chi connectivity index (χ1) is 9.22. The number of pyridine rings is 1. The Bertz CT molecular complexity index is 717. The first-order valence-electron chi connectivity index (χ1n) is 6.17. The lowest BCUT2D eigenvalue weighted by Gasteiger charge is -2.09. The minimum Gasteiger partial charge on any atom is -0.377 e. The van der Waals surface area contributed by atoms with Gasteiger partial charge in [0.05, 0.1) is 12.1 Å². The van der Waals surface area contributed by atoms with Gasteiger partial charge in [0, 0.05) is 23.8 Å². The summed E-state index contributed by atoms with van der Waals surface area (Å²) >= 11 is 0. The van der Waals surface area contributed by atoms with Crippen molar-refractivity contribution in [1.29, 1.82) is 0 Å². The molecule has 1 aromatic carbocycles. The van der Waals surface area contributed by atoms with Crippen molar-refractivity contribution in [3.63, 3.8) is 0 Å². The number of hydrogen-bond donors (Lipinski definition) is 1. The Balaban J connectivity index is 1.91. The number of hydrogen-bond acceptors (Lipinski definition) is 4. The van der Waals surface area contributed by atoms with Crippen LogP contribution in [0.1, 0.15) is 11.5 Å². The predicted molar refractivity (Wildman–Crippen MR) is 74.8 cm³/mol. The molecule has 0 saturated carbocycles. The van der Waals surface area contributed by atoms with E-state index in [4.69, 9.17) is 0 Å². The van der Waals surface area contributed by atoms with Crippen LogP contribution in [0, 0.1) is 6.92 Å². The minimum atomic E-state index is 0.605. The van der Waals surface area contributed by atoms with Crippen molar-refractivity contribution in [3.05, 3.63) is 48.2 Å². The molecule has 2 heterocycles. The molecule has 5 heteroatoms. The van der Waals surface area contributed by atoms with Gasteiger partial charge in [0.2, 0.25) is 0 Å². The lowest BCUT2D eigenvalue weighted by Crippen LogP contribution is -2.03. The first kappa shape index (κ1) is 11.6. The van der Waals surface area contributed by atoms with Crippen LogP contribution in [0.2, 0.25) is 0 Å². The summed E-state index contributed by atoms with van der Waals surface area (Å²) in [4.78, 5) is 8.73. The predicted octanol–water partition coefficient (Wildman–Crippen LogP) is 2.28. The number of para-hydroxylation sites is 1. The Morgan fingerprint density at radius 3 is 2.89 bits per heavy atom. The quantitative estimate of drug-likeness (QED) is 0.778. The zero-order chi connectivity index (χ0) is 13.2. The van der Waals surface area contributed by atoms with Gasteiger partial charge in [0.1, 0.15) is 6.33 Å². The van der Waals surface area contributed by atoms with Crippen LogP contribution in [0.15, 0.2) is 36.7 Å². The van der Waals surface area contributed by atoms with Gasteiger partial charge in [0.25, 0.3) is 0 Å². The number of nitrogens with one attached hydrogen (secondary N) is 1. The van der Waals surface area contributed by atoms with Crippen molar-refractivity contribution < 1.29 is 0 Å². The van der Waals surface area contributed by atoms with E-state index in [1.54, 1.807) is 11.0 Å². The van der Waals surface area contributed by atoms with E-state index in [0.29, 0.717) is 6.54 Å². The third kappa shape index (κ3) is 2.40. The van der Waals surface area contributed by atoms with Crippen LogP contribution in [0.4, 0.5) is 5.69 Å². The Morgan fingerprint density at radius 2 is 2.11 bits per heavy atom. The van der Waals surface area contributed by atoms with Gasteiger partial charge in [-0.25, -0.2) is 4.98 Å². The summed E-state index contributed by atoms with van der Waals surface area (Å²) in [5, 5.41) is 8.75. The number of aromatic nitrogens is 4. The van der Waals surface area contributed by atoms with Crippen LogP contribution in [-0.2, 0) is 13.6 Å². The van der Waals surface area contributed by atoms with Crippen molar-refractivity contribution in [1.82, 2.24) is 19.7 Å². The summed E-state index contributed by atoms with van der Waals surface area (Å²) in [5.74, 6) is 0.779. The van der Waals surface area contributed by atoms with Crippen molar-refractivity contribution in [2.45, 2.75) is 13.5 Å². The van der Waals surface area contributed by atoms with E-state index in [2.05, 4.69) is 26.4 Å². The first-order valence-corrected chi connectivity index (χ1v) is 6.17. The molecule has 19 heavy (non-hydrogen) atoms. The van der Waals surface area contributed by atoms with Gasteiger partial charge in [-0.05, 0) is 19.1 Å². The van der Waals surface area contributed by atoms with E-state index in [9.17, 15) is 0 Å². The van der Waals surface area contributed by atoms with Crippen molar-refractivity contribution in [2.24, 2.45) is 7.05 Å². The van der Waals surface area contributed by atoms with E-state index in [1.165, 1.54) is 0 Å². The van der Waals surface area contributed by atoms with Gasteiger partial charge in [-0.15, -0.1) is 0 Å². The molecule has 0 aliphatic rings. The molecule has 0 unspecified atom stereocenters. The maximum Gasteiger partial charge on any atom is 0.169 e. The minimum absolute atomic E-state index is 0.605. The number of aryl methyl sites for hydroxylation is 2. The van der Waals surface area contributed by atoms with Gasteiger partial charge in [-0.3, -0.25) is 9.67 Å². The van der Waals surface area contributed by atoms with Crippen molar-refractivity contribution in [2.75, 3.05) is 5.32 Å². The standard InChI is InChI=1S/C14H15N5/c1-10-7-13(11-5-3-4-6-12(11)17-10)15-8-14-16-9-19(2)18-14/h3-7,9H,8H2,1-2H3,(H,15,17). The maximum absolute atomic E-state index is 4.52. The Hall–Kier alpha value is -2.43. The van der Waals surface area contributed by atoms with E-state index in [1.807, 2.05) is 38.2 Å². The van der Waals surface area contributed by atoms with Crippen LogP contribution in [0.3, 0.4) is 0 Å². The third-order valence-electron chi connectivity index (χ3n) is 2.93. The SMILES string of the molecule is Cc1cc(NCc2ncn(C)n2)c2ccccc2n1. The highest BCUT2D eigenvalue weighted by Crippen LogP contribution is 2.23. The normalized spacial score (nSPS) is 10.8. The van der Waals surface area contributed by atoms with Crippen LogP contribution >= 0.6 is 0 Å². The summed E-state index contributed by atoms with van der Waals surface area (Å²) in [7, 11) is 1.86. The molecule has 1 N–H and O–H groups in total. The van der Waals surface area contributed by atoms with Gasteiger partial charge in [-0.2, -0.15) is 5.10 Å². The summed E-state index contributed by atoms with van der Waals surface area (Å²) in [6, 6.07) is 10.1. The second kappa shape index (κ2) is 4.68. The monoisotopic (exact) mass is 253 g/mol. The summed E-state index contributed by atoms with van der Waals surface area (Å²) in [6.07, 6.45) is 1.70. The van der Waals surface area contributed by atoms with Crippen LogP contribution in [0.25, 0.3) is 10.9 Å². The van der Waals surface area contributed by atoms with Crippen LogP contribution in [-0.4, -0.2) is 19.7 Å². The smallest absolute Gasteiger partial charge is 0.169 e. The van der Waals surface area contributed by atoms with E-state index < -0.39 is 0 Å². The average Bonchev–Trinajstić information content (AvgIpc) is 2.81. The van der Waals surface area contributed by atoms with E-state index in [-0.39, 0.29) is 0 Å². The molecule has 0 spiro atoms. The molecule has 2 aromatic heterocycles. The second-order valence-corrected chi connectivity index (χ2v) is 4.52. The molecule has 0 aliphatic heterocycles. The molecule has 0 atom stereocenters. The summed E-state index contributed by atoms with van der Waals surface area (Å²) in [5.41, 5.74) is 3.06. The molecule has 3 rings (SSSR count). The van der Waals surface area contributed by atoms with Gasteiger partial charge < -0.3 is 5.32 Å². The Morgan fingerprint density at radius 1 is 1.26 bits per heavy atom. The third-order valence-corrected chi connectivity index (χ3v) is 2.93. The molecule has 0 aliphatic carbocycles. The van der Waals surface area contributed by atoms with Gasteiger partial charge in [0.15, 0.2) is 5.82 Å². The lowest BCUT2D eigenvalue weighted by molar-refractivity contribution is 0.747. The zero-order valence-electron chi connectivity index (χ0n) is 11.0. The highest BCUT2D eigenvalue weighted by molar-refractivity contribution is 5.91. The molecule has 0 amide bonds. The highest BCUT2D eigenvalue weighted by atomic mass is 15.3. The zero-order valence-corrected chi connectivity index (χ0v) is 11.0. The summed E-state index contributed by atoms with van der Waals surface area (Å²) < 4.78 is 1.70.